The van der Waals surface area contributed by atoms with Crippen molar-refractivity contribution < 1.29 is 4.39 Å². The fourth-order valence-corrected chi connectivity index (χ4v) is 2.65. The van der Waals surface area contributed by atoms with Gasteiger partial charge in [0, 0.05) is 12.6 Å². The van der Waals surface area contributed by atoms with Gasteiger partial charge >= 0.3 is 0 Å². The summed E-state index contributed by atoms with van der Waals surface area (Å²) in [6, 6.07) is 6.05. The van der Waals surface area contributed by atoms with E-state index in [0.29, 0.717) is 6.04 Å². The van der Waals surface area contributed by atoms with Gasteiger partial charge in [-0.2, -0.15) is 0 Å². The summed E-state index contributed by atoms with van der Waals surface area (Å²) >= 11 is 0. The molecule has 0 spiro atoms. The van der Waals surface area contributed by atoms with Crippen molar-refractivity contribution in [1.82, 2.24) is 5.32 Å². The molecule has 94 valence electrons. The zero-order chi connectivity index (χ0) is 12.3. The number of rotatable bonds is 4. The minimum Gasteiger partial charge on any atom is -0.310 e. The quantitative estimate of drug-likeness (QED) is 0.837. The van der Waals surface area contributed by atoms with Crippen LogP contribution in [0.2, 0.25) is 0 Å². The topological polar surface area (TPSA) is 12.0 Å². The van der Waals surface area contributed by atoms with Crippen LogP contribution in [0.4, 0.5) is 4.39 Å². The maximum Gasteiger partial charge on any atom is 0.126 e. The molecule has 0 unspecified atom stereocenters. The van der Waals surface area contributed by atoms with E-state index in [1.165, 1.54) is 25.7 Å². The van der Waals surface area contributed by atoms with Crippen molar-refractivity contribution in [2.75, 3.05) is 0 Å². The van der Waals surface area contributed by atoms with Gasteiger partial charge in [-0.05, 0) is 49.8 Å². The van der Waals surface area contributed by atoms with Crippen molar-refractivity contribution in [3.8, 4) is 0 Å². The number of halogens is 1. The maximum atomic E-state index is 13.4. The van der Waals surface area contributed by atoms with Crippen LogP contribution in [0.25, 0.3) is 0 Å². The molecule has 1 saturated carbocycles. The smallest absolute Gasteiger partial charge is 0.126 e. The number of aryl methyl sites for hydroxylation is 1. The fourth-order valence-electron chi connectivity index (χ4n) is 2.65. The fraction of sp³-hybridized carbons (Fsp3) is 0.600. The monoisotopic (exact) mass is 235 g/mol. The summed E-state index contributed by atoms with van der Waals surface area (Å²) in [5.41, 5.74) is 1.76. The van der Waals surface area contributed by atoms with E-state index in [2.05, 4.69) is 12.2 Å². The molecule has 0 bridgehead atoms. The second-order valence-electron chi connectivity index (χ2n) is 5.30. The molecule has 1 aliphatic carbocycles. The second-order valence-corrected chi connectivity index (χ2v) is 5.30. The van der Waals surface area contributed by atoms with Crippen molar-refractivity contribution in [2.45, 2.75) is 52.1 Å². The van der Waals surface area contributed by atoms with Crippen LogP contribution < -0.4 is 5.32 Å². The second kappa shape index (κ2) is 5.63. The Kier molecular flexibility index (Phi) is 4.16. The lowest BCUT2D eigenvalue weighted by Crippen LogP contribution is -2.31. The first-order chi connectivity index (χ1) is 8.16. The van der Waals surface area contributed by atoms with E-state index < -0.39 is 0 Å². The predicted octanol–water partition coefficient (Wildman–Crippen LogP) is 3.80. The SMILES string of the molecule is Cc1ccc(CN[C@@H](C)C2CCCC2)cc1F. The average Bonchev–Trinajstić information content (AvgIpc) is 2.84. The van der Waals surface area contributed by atoms with Gasteiger partial charge < -0.3 is 5.32 Å². The van der Waals surface area contributed by atoms with Crippen LogP contribution >= 0.6 is 0 Å². The highest BCUT2D eigenvalue weighted by atomic mass is 19.1. The van der Waals surface area contributed by atoms with Gasteiger partial charge in [0.1, 0.15) is 5.82 Å². The molecule has 1 aromatic rings. The molecule has 1 aromatic carbocycles. The Balaban J connectivity index is 1.86. The Labute approximate surface area is 103 Å². The third kappa shape index (κ3) is 3.29. The Hall–Kier alpha value is -0.890. The molecule has 0 aromatic heterocycles. The van der Waals surface area contributed by atoms with Crippen LogP contribution in [-0.2, 0) is 6.54 Å². The highest BCUT2D eigenvalue weighted by Gasteiger charge is 2.20. The summed E-state index contributed by atoms with van der Waals surface area (Å²) in [6.45, 7) is 4.82. The standard InChI is InChI=1S/C15H22FN/c1-11-7-8-13(9-15(11)16)10-17-12(2)14-5-3-4-6-14/h7-9,12,14,17H,3-6,10H2,1-2H3/t12-/m0/s1. The first kappa shape index (κ1) is 12.6. The number of nitrogens with one attached hydrogen (secondary N) is 1. The van der Waals surface area contributed by atoms with Gasteiger partial charge in [-0.1, -0.05) is 25.0 Å². The third-order valence-electron chi connectivity index (χ3n) is 3.97. The first-order valence-electron chi connectivity index (χ1n) is 6.65. The minimum absolute atomic E-state index is 0.0992. The molecular weight excluding hydrogens is 213 g/mol. The van der Waals surface area contributed by atoms with Crippen LogP contribution in [-0.4, -0.2) is 6.04 Å². The number of hydrogen-bond acceptors (Lipinski definition) is 1. The highest BCUT2D eigenvalue weighted by Crippen LogP contribution is 2.27. The molecule has 2 heteroatoms. The molecule has 1 N–H and O–H groups in total. The summed E-state index contributed by atoms with van der Waals surface area (Å²) in [5.74, 6) is 0.711. The Morgan fingerprint density at radius 1 is 1.35 bits per heavy atom. The van der Waals surface area contributed by atoms with E-state index in [4.69, 9.17) is 0 Å². The van der Waals surface area contributed by atoms with Gasteiger partial charge in [-0.15, -0.1) is 0 Å². The van der Waals surface area contributed by atoms with Gasteiger partial charge in [-0.25, -0.2) is 4.39 Å². The lowest BCUT2D eigenvalue weighted by Gasteiger charge is -2.20. The van der Waals surface area contributed by atoms with E-state index in [-0.39, 0.29) is 5.82 Å². The molecule has 1 atom stereocenters. The maximum absolute atomic E-state index is 13.4. The van der Waals surface area contributed by atoms with Crippen molar-refractivity contribution in [3.63, 3.8) is 0 Å². The normalized spacial score (nSPS) is 18.5. The van der Waals surface area contributed by atoms with E-state index >= 15 is 0 Å². The lowest BCUT2D eigenvalue weighted by atomic mass is 9.99. The highest BCUT2D eigenvalue weighted by molar-refractivity contribution is 5.23. The third-order valence-corrected chi connectivity index (χ3v) is 3.97. The molecule has 0 saturated heterocycles. The van der Waals surface area contributed by atoms with Gasteiger partial charge in [0.15, 0.2) is 0 Å². The predicted molar refractivity (Wildman–Crippen MR) is 69.4 cm³/mol. The van der Waals surface area contributed by atoms with E-state index in [9.17, 15) is 4.39 Å². The van der Waals surface area contributed by atoms with E-state index in [0.717, 1.165) is 23.6 Å². The van der Waals surface area contributed by atoms with E-state index in [1.807, 2.05) is 12.1 Å². The Morgan fingerprint density at radius 3 is 2.71 bits per heavy atom. The molecule has 2 rings (SSSR count). The van der Waals surface area contributed by atoms with Gasteiger partial charge in [0.25, 0.3) is 0 Å². The van der Waals surface area contributed by atoms with Crippen LogP contribution in [0.1, 0.15) is 43.7 Å². The van der Waals surface area contributed by atoms with Gasteiger partial charge in [0.2, 0.25) is 0 Å². The van der Waals surface area contributed by atoms with Crippen LogP contribution in [0.15, 0.2) is 18.2 Å². The molecule has 0 radical (unpaired) electrons. The molecule has 0 aliphatic heterocycles. The number of benzene rings is 1. The summed E-state index contributed by atoms with van der Waals surface area (Å²) < 4.78 is 13.4. The average molecular weight is 235 g/mol. The van der Waals surface area contributed by atoms with Gasteiger partial charge in [-0.3, -0.25) is 0 Å². The number of hydrogen-bond donors (Lipinski definition) is 1. The molecule has 17 heavy (non-hydrogen) atoms. The largest absolute Gasteiger partial charge is 0.310 e. The van der Waals surface area contributed by atoms with Crippen molar-refractivity contribution in [1.29, 1.82) is 0 Å². The molecule has 0 amide bonds. The Morgan fingerprint density at radius 2 is 2.06 bits per heavy atom. The molecule has 1 fully saturated rings. The van der Waals surface area contributed by atoms with Crippen molar-refractivity contribution in [3.05, 3.63) is 35.1 Å². The molecule has 1 aliphatic rings. The zero-order valence-corrected chi connectivity index (χ0v) is 10.8. The Bertz CT molecular complexity index is 369. The van der Waals surface area contributed by atoms with Crippen LogP contribution in [0, 0.1) is 18.7 Å². The van der Waals surface area contributed by atoms with Crippen molar-refractivity contribution in [2.24, 2.45) is 5.92 Å². The van der Waals surface area contributed by atoms with Crippen molar-refractivity contribution >= 4 is 0 Å². The van der Waals surface area contributed by atoms with Crippen LogP contribution in [0.3, 0.4) is 0 Å². The summed E-state index contributed by atoms with van der Waals surface area (Å²) in [4.78, 5) is 0. The minimum atomic E-state index is -0.0992. The first-order valence-corrected chi connectivity index (χ1v) is 6.65. The van der Waals surface area contributed by atoms with Gasteiger partial charge in [0.05, 0.1) is 0 Å². The lowest BCUT2D eigenvalue weighted by molar-refractivity contribution is 0.380. The molecule has 0 heterocycles. The molecule has 1 nitrogen and oxygen atoms in total. The zero-order valence-electron chi connectivity index (χ0n) is 10.8. The molecular formula is C15H22FN. The summed E-state index contributed by atoms with van der Waals surface area (Å²) in [5, 5.41) is 3.52. The van der Waals surface area contributed by atoms with Crippen LogP contribution in [0.5, 0.6) is 0 Å². The summed E-state index contributed by atoms with van der Waals surface area (Å²) in [7, 11) is 0. The van der Waals surface area contributed by atoms with E-state index in [1.54, 1.807) is 13.0 Å². The summed E-state index contributed by atoms with van der Waals surface area (Å²) in [6.07, 6.45) is 5.43.